The lowest BCUT2D eigenvalue weighted by Gasteiger charge is -2.12. The van der Waals surface area contributed by atoms with Crippen LogP contribution in [-0.4, -0.2) is 25.3 Å². The normalized spacial score (nSPS) is 9.65. The summed E-state index contributed by atoms with van der Waals surface area (Å²) in [6.45, 7) is 3.51. The lowest BCUT2D eigenvalue weighted by Crippen LogP contribution is -2.04. The third kappa shape index (κ3) is 2.78. The van der Waals surface area contributed by atoms with Crippen molar-refractivity contribution in [2.75, 3.05) is 14.2 Å². The van der Waals surface area contributed by atoms with Gasteiger partial charge in [-0.15, -0.1) is 0 Å². The van der Waals surface area contributed by atoms with Gasteiger partial charge in [-0.05, 0) is 26.0 Å². The molecule has 0 heterocycles. The van der Waals surface area contributed by atoms with Gasteiger partial charge in [-0.25, -0.2) is 4.79 Å². The summed E-state index contributed by atoms with van der Waals surface area (Å²) in [6.07, 6.45) is 0. The lowest BCUT2D eigenvalue weighted by molar-refractivity contribution is -0.130. The average Bonchev–Trinajstić information content (AvgIpc) is 2.28. The molecule has 1 rings (SSSR count). The van der Waals surface area contributed by atoms with E-state index in [1.54, 1.807) is 39.2 Å². The Kier molecular flexibility index (Phi) is 4.15. The van der Waals surface area contributed by atoms with Gasteiger partial charge in [0.2, 0.25) is 0 Å². The van der Waals surface area contributed by atoms with E-state index in [9.17, 15) is 9.90 Å². The number of carboxylic acids is 1. The number of allylic oxidation sites excluding steroid dienone is 1. The molecule has 17 heavy (non-hydrogen) atoms. The Morgan fingerprint density at radius 1 is 1.18 bits per heavy atom. The topological polar surface area (TPSA) is 55.8 Å². The van der Waals surface area contributed by atoms with E-state index in [-0.39, 0.29) is 5.57 Å². The van der Waals surface area contributed by atoms with Gasteiger partial charge in [-0.3, -0.25) is 0 Å². The van der Waals surface area contributed by atoms with Crippen molar-refractivity contribution < 1.29 is 19.4 Å². The number of aliphatic carboxylic acids is 1. The summed E-state index contributed by atoms with van der Waals surface area (Å²) in [5.41, 5.74) is 1.53. The number of ether oxygens (including phenoxy) is 2. The molecule has 92 valence electrons. The van der Waals surface area contributed by atoms with E-state index in [0.717, 1.165) is 5.57 Å². The smallest absolute Gasteiger partial charge is 0.336 e. The van der Waals surface area contributed by atoms with Crippen LogP contribution in [0, 0.1) is 0 Å². The zero-order chi connectivity index (χ0) is 13.0. The number of hydrogen-bond donors (Lipinski definition) is 1. The molecule has 1 aromatic carbocycles. The van der Waals surface area contributed by atoms with Crippen molar-refractivity contribution in [2.45, 2.75) is 13.8 Å². The van der Waals surface area contributed by atoms with E-state index >= 15 is 0 Å². The Labute approximate surface area is 100 Å². The van der Waals surface area contributed by atoms with E-state index in [1.165, 1.54) is 7.11 Å². The highest BCUT2D eigenvalue weighted by molar-refractivity contribution is 6.17. The van der Waals surface area contributed by atoms with Crippen molar-refractivity contribution in [3.05, 3.63) is 29.3 Å². The number of methoxy groups -OCH3 is 2. The van der Waals surface area contributed by atoms with Crippen molar-refractivity contribution in [1.29, 1.82) is 0 Å². The number of rotatable bonds is 4. The first-order valence-electron chi connectivity index (χ1n) is 5.14. The van der Waals surface area contributed by atoms with Crippen LogP contribution < -0.4 is 9.47 Å². The minimum absolute atomic E-state index is 0.254. The molecule has 1 aromatic rings. The molecular weight excluding hydrogens is 220 g/mol. The predicted molar refractivity (Wildman–Crippen MR) is 65.4 cm³/mol. The average molecular weight is 236 g/mol. The van der Waals surface area contributed by atoms with E-state index in [2.05, 4.69) is 0 Å². The molecule has 0 aliphatic rings. The van der Waals surface area contributed by atoms with Crippen molar-refractivity contribution >= 4 is 11.5 Å². The second kappa shape index (κ2) is 5.39. The number of carboxylic acid groups (broad SMARTS) is 1. The van der Waals surface area contributed by atoms with E-state index in [1.807, 2.05) is 0 Å². The van der Waals surface area contributed by atoms with Gasteiger partial charge in [0.05, 0.1) is 19.8 Å². The fraction of sp³-hybridized carbons (Fsp3) is 0.308. The predicted octanol–water partition coefficient (Wildman–Crippen LogP) is 2.58. The highest BCUT2D eigenvalue weighted by Gasteiger charge is 2.17. The molecule has 0 atom stereocenters. The summed E-state index contributed by atoms with van der Waals surface area (Å²) in [6, 6.07) is 5.07. The van der Waals surface area contributed by atoms with Gasteiger partial charge < -0.3 is 14.6 Å². The summed E-state index contributed by atoms with van der Waals surface area (Å²) < 4.78 is 10.3. The zero-order valence-electron chi connectivity index (χ0n) is 10.4. The van der Waals surface area contributed by atoms with Crippen LogP contribution in [-0.2, 0) is 4.79 Å². The maximum atomic E-state index is 11.2. The standard InChI is InChI=1S/C13H16O4/c1-8(2)12(13(14)15)10-6-5-9(16-3)7-11(10)17-4/h5-7H,1-4H3,(H,14,15). The Balaban J connectivity index is 3.40. The molecule has 0 unspecified atom stereocenters. The first-order chi connectivity index (χ1) is 8.01. The molecular formula is C13H16O4. The number of hydrogen-bond acceptors (Lipinski definition) is 3. The molecule has 4 nitrogen and oxygen atoms in total. The van der Waals surface area contributed by atoms with Gasteiger partial charge in [0.15, 0.2) is 0 Å². The lowest BCUT2D eigenvalue weighted by atomic mass is 10.0. The van der Waals surface area contributed by atoms with Crippen LogP contribution >= 0.6 is 0 Å². The van der Waals surface area contributed by atoms with Crippen LogP contribution in [0.25, 0.3) is 5.57 Å². The summed E-state index contributed by atoms with van der Waals surface area (Å²) in [7, 11) is 3.05. The molecule has 0 spiro atoms. The largest absolute Gasteiger partial charge is 0.497 e. The van der Waals surface area contributed by atoms with Crippen LogP contribution in [0.3, 0.4) is 0 Å². The van der Waals surface area contributed by atoms with Crippen molar-refractivity contribution in [3.63, 3.8) is 0 Å². The molecule has 0 fully saturated rings. The van der Waals surface area contributed by atoms with Crippen LogP contribution in [0.4, 0.5) is 0 Å². The Hall–Kier alpha value is -1.97. The van der Waals surface area contributed by atoms with E-state index in [0.29, 0.717) is 17.1 Å². The molecule has 0 saturated heterocycles. The van der Waals surface area contributed by atoms with Crippen LogP contribution in [0.2, 0.25) is 0 Å². The fourth-order valence-electron chi connectivity index (χ4n) is 1.60. The third-order valence-corrected chi connectivity index (χ3v) is 2.39. The highest BCUT2D eigenvalue weighted by atomic mass is 16.5. The monoisotopic (exact) mass is 236 g/mol. The molecule has 1 N–H and O–H groups in total. The molecule has 0 aliphatic carbocycles. The van der Waals surface area contributed by atoms with Gasteiger partial charge in [-0.2, -0.15) is 0 Å². The fourth-order valence-corrected chi connectivity index (χ4v) is 1.60. The van der Waals surface area contributed by atoms with Crippen LogP contribution in [0.15, 0.2) is 23.8 Å². The molecule has 0 radical (unpaired) electrons. The van der Waals surface area contributed by atoms with Gasteiger partial charge in [0.1, 0.15) is 11.5 Å². The minimum Gasteiger partial charge on any atom is -0.497 e. The van der Waals surface area contributed by atoms with Crippen LogP contribution in [0.5, 0.6) is 11.5 Å². The first kappa shape index (κ1) is 13.1. The van der Waals surface area contributed by atoms with E-state index in [4.69, 9.17) is 9.47 Å². The first-order valence-corrected chi connectivity index (χ1v) is 5.14. The zero-order valence-corrected chi connectivity index (χ0v) is 10.4. The second-order valence-corrected chi connectivity index (χ2v) is 3.75. The molecule has 4 heteroatoms. The summed E-state index contributed by atoms with van der Waals surface area (Å²) in [5.74, 6) is 0.153. The maximum absolute atomic E-state index is 11.2. The number of benzene rings is 1. The Bertz CT molecular complexity index is 456. The van der Waals surface area contributed by atoms with Gasteiger partial charge >= 0.3 is 5.97 Å². The molecule has 0 aromatic heterocycles. The van der Waals surface area contributed by atoms with Gasteiger partial charge in [0.25, 0.3) is 0 Å². The van der Waals surface area contributed by atoms with E-state index < -0.39 is 5.97 Å². The second-order valence-electron chi connectivity index (χ2n) is 3.75. The molecule has 0 amide bonds. The summed E-state index contributed by atoms with van der Waals surface area (Å²) in [5, 5.41) is 9.20. The van der Waals surface area contributed by atoms with Crippen molar-refractivity contribution in [1.82, 2.24) is 0 Å². The Morgan fingerprint density at radius 2 is 1.82 bits per heavy atom. The highest BCUT2D eigenvalue weighted by Crippen LogP contribution is 2.31. The van der Waals surface area contributed by atoms with Crippen molar-refractivity contribution in [2.24, 2.45) is 0 Å². The SMILES string of the molecule is COc1ccc(C(C(=O)O)=C(C)C)c(OC)c1. The van der Waals surface area contributed by atoms with Gasteiger partial charge in [0, 0.05) is 11.6 Å². The van der Waals surface area contributed by atoms with Crippen LogP contribution in [0.1, 0.15) is 19.4 Å². The maximum Gasteiger partial charge on any atom is 0.336 e. The summed E-state index contributed by atoms with van der Waals surface area (Å²) >= 11 is 0. The third-order valence-electron chi connectivity index (χ3n) is 2.39. The summed E-state index contributed by atoms with van der Waals surface area (Å²) in [4.78, 5) is 11.2. The molecule has 0 aliphatic heterocycles. The van der Waals surface area contributed by atoms with Gasteiger partial charge in [-0.1, -0.05) is 5.57 Å². The molecule has 0 saturated carbocycles. The quantitative estimate of drug-likeness (QED) is 0.816. The minimum atomic E-state index is -0.964. The van der Waals surface area contributed by atoms with Crippen molar-refractivity contribution in [3.8, 4) is 11.5 Å². The molecule has 0 bridgehead atoms. The Morgan fingerprint density at radius 3 is 2.24 bits per heavy atom. The number of carbonyl (C=O) groups is 1.